The number of imidazole rings is 1. The molecule has 0 saturated heterocycles. The molecule has 0 unspecified atom stereocenters. The number of nitrogens with zero attached hydrogens (tertiary/aromatic N) is 3. The summed E-state index contributed by atoms with van der Waals surface area (Å²) in [5.41, 5.74) is 0.835. The van der Waals surface area contributed by atoms with Crippen LogP contribution in [0.1, 0.15) is 19.7 Å². The number of amides is 1. The Labute approximate surface area is 178 Å². The number of halogens is 3. The number of carbonyl (C=O) groups is 1. The van der Waals surface area contributed by atoms with Gasteiger partial charge in [0.2, 0.25) is 11.7 Å². The molecule has 6 nitrogen and oxygen atoms in total. The number of nitrogens with one attached hydrogen (secondary N) is 1. The van der Waals surface area contributed by atoms with Gasteiger partial charge in [0.05, 0.1) is 16.7 Å². The Morgan fingerprint density at radius 3 is 2.48 bits per heavy atom. The number of likely N-dealkylation sites (N-methyl/N-ethyl adjacent to an activating group) is 1. The molecule has 0 atom stereocenters. The summed E-state index contributed by atoms with van der Waals surface area (Å²) in [7, 11) is 0. The van der Waals surface area contributed by atoms with Gasteiger partial charge in [0.25, 0.3) is 0 Å². The van der Waals surface area contributed by atoms with Crippen molar-refractivity contribution in [2.24, 2.45) is 0 Å². The summed E-state index contributed by atoms with van der Waals surface area (Å²) in [6.45, 7) is 6.56. The van der Waals surface area contributed by atoms with Crippen molar-refractivity contribution >= 4 is 22.6 Å². The minimum Gasteiger partial charge on any atom is -0.490 e. The Morgan fingerprint density at radius 1 is 1.10 bits per heavy atom. The Kier molecular flexibility index (Phi) is 7.17. The zero-order valence-electron chi connectivity index (χ0n) is 17.4. The highest BCUT2D eigenvalue weighted by Gasteiger charge is 2.38. The van der Waals surface area contributed by atoms with Gasteiger partial charge in [0.15, 0.2) is 0 Å². The first-order valence-electron chi connectivity index (χ1n) is 10.1. The fraction of sp³-hybridized carbons (Fsp3) is 0.364. The lowest BCUT2D eigenvalue weighted by atomic mass is 10.3. The van der Waals surface area contributed by atoms with Gasteiger partial charge in [0.1, 0.15) is 18.9 Å². The lowest BCUT2D eigenvalue weighted by Gasteiger charge is -2.19. The van der Waals surface area contributed by atoms with E-state index in [0.29, 0.717) is 18.0 Å². The molecule has 166 valence electrons. The lowest BCUT2D eigenvalue weighted by molar-refractivity contribution is -0.147. The smallest absolute Gasteiger partial charge is 0.449 e. The first-order chi connectivity index (χ1) is 14.8. The molecule has 0 aliphatic rings. The van der Waals surface area contributed by atoms with Gasteiger partial charge >= 0.3 is 6.18 Å². The summed E-state index contributed by atoms with van der Waals surface area (Å²) in [4.78, 5) is 18.5. The number of aromatic nitrogens is 2. The summed E-state index contributed by atoms with van der Waals surface area (Å²) >= 11 is 0. The Balaban J connectivity index is 1.75. The first-order valence-corrected chi connectivity index (χ1v) is 10.1. The molecule has 0 aliphatic carbocycles. The van der Waals surface area contributed by atoms with Gasteiger partial charge in [-0.1, -0.05) is 38.1 Å². The van der Waals surface area contributed by atoms with E-state index in [-0.39, 0.29) is 11.0 Å². The van der Waals surface area contributed by atoms with Crippen LogP contribution < -0.4 is 10.1 Å². The average molecular weight is 434 g/mol. The SMILES string of the molecule is CCN(CC)CCOc1ccccc1NC(=O)Cn1c(C(F)(F)F)nc2ccccc21. The monoisotopic (exact) mass is 434 g/mol. The molecule has 1 amide bonds. The van der Waals surface area contributed by atoms with Gasteiger partial charge in [-0.2, -0.15) is 13.2 Å². The Bertz CT molecular complexity index is 1030. The van der Waals surface area contributed by atoms with Gasteiger partial charge < -0.3 is 19.5 Å². The average Bonchev–Trinajstić information content (AvgIpc) is 3.11. The summed E-state index contributed by atoms with van der Waals surface area (Å²) in [5, 5.41) is 2.66. The topological polar surface area (TPSA) is 59.4 Å². The minimum atomic E-state index is -4.68. The maximum Gasteiger partial charge on any atom is 0.449 e. The number of ether oxygens (including phenoxy) is 1. The number of carbonyl (C=O) groups excluding carboxylic acids is 1. The van der Waals surface area contributed by atoms with Gasteiger partial charge in [0, 0.05) is 6.54 Å². The number of anilines is 1. The maximum atomic E-state index is 13.5. The predicted molar refractivity (Wildman–Crippen MR) is 113 cm³/mol. The van der Waals surface area contributed by atoms with Crippen molar-refractivity contribution in [2.75, 3.05) is 31.6 Å². The molecule has 1 heterocycles. The fourth-order valence-corrected chi connectivity index (χ4v) is 3.31. The van der Waals surface area contributed by atoms with E-state index in [1.807, 2.05) is 0 Å². The number of rotatable bonds is 9. The van der Waals surface area contributed by atoms with Crippen LogP contribution in [0.3, 0.4) is 0 Å². The fourth-order valence-electron chi connectivity index (χ4n) is 3.31. The third kappa shape index (κ3) is 5.55. The molecule has 0 spiro atoms. The third-order valence-corrected chi connectivity index (χ3v) is 4.93. The van der Waals surface area contributed by atoms with E-state index in [1.54, 1.807) is 36.4 Å². The van der Waals surface area contributed by atoms with Crippen molar-refractivity contribution in [2.45, 2.75) is 26.6 Å². The molecule has 0 aliphatic heterocycles. The molecule has 0 fully saturated rings. The van der Waals surface area contributed by atoms with Crippen LogP contribution in [0.25, 0.3) is 11.0 Å². The van der Waals surface area contributed by atoms with Crippen LogP contribution in [-0.4, -0.2) is 46.6 Å². The van der Waals surface area contributed by atoms with Crippen LogP contribution >= 0.6 is 0 Å². The zero-order chi connectivity index (χ0) is 22.4. The highest BCUT2D eigenvalue weighted by Crippen LogP contribution is 2.31. The van der Waals surface area contributed by atoms with Crippen molar-refractivity contribution in [3.8, 4) is 5.75 Å². The predicted octanol–water partition coefficient (Wildman–Crippen LogP) is 4.41. The minimum absolute atomic E-state index is 0.183. The van der Waals surface area contributed by atoms with Crippen LogP contribution in [0.5, 0.6) is 5.75 Å². The van der Waals surface area contributed by atoms with Crippen LogP contribution in [0.2, 0.25) is 0 Å². The van der Waals surface area contributed by atoms with Crippen molar-refractivity contribution in [1.82, 2.24) is 14.5 Å². The number of alkyl halides is 3. The highest BCUT2D eigenvalue weighted by atomic mass is 19.4. The van der Waals surface area contributed by atoms with Crippen molar-refractivity contribution in [3.05, 3.63) is 54.4 Å². The molecular weight excluding hydrogens is 409 g/mol. The van der Waals surface area contributed by atoms with Crippen LogP contribution in [-0.2, 0) is 17.5 Å². The highest BCUT2D eigenvalue weighted by molar-refractivity contribution is 5.93. The summed E-state index contributed by atoms with van der Waals surface area (Å²) < 4.78 is 47.0. The Morgan fingerprint density at radius 2 is 1.77 bits per heavy atom. The number of hydrogen-bond acceptors (Lipinski definition) is 4. The quantitative estimate of drug-likeness (QED) is 0.542. The summed E-state index contributed by atoms with van der Waals surface area (Å²) in [6, 6.07) is 13.1. The van der Waals surface area contributed by atoms with Gasteiger partial charge in [-0.25, -0.2) is 4.98 Å². The molecule has 0 saturated carbocycles. The largest absolute Gasteiger partial charge is 0.490 e. The molecule has 1 aromatic heterocycles. The molecule has 9 heteroatoms. The van der Waals surface area contributed by atoms with Crippen LogP contribution in [0, 0.1) is 0 Å². The summed E-state index contributed by atoms with van der Waals surface area (Å²) in [5.74, 6) is -1.24. The van der Waals surface area contributed by atoms with E-state index in [0.717, 1.165) is 24.2 Å². The third-order valence-electron chi connectivity index (χ3n) is 4.93. The van der Waals surface area contributed by atoms with Crippen LogP contribution in [0.15, 0.2) is 48.5 Å². The van der Waals surface area contributed by atoms with Gasteiger partial charge in [-0.3, -0.25) is 4.79 Å². The Hall–Kier alpha value is -3.07. The van der Waals surface area contributed by atoms with E-state index in [9.17, 15) is 18.0 Å². The number of fused-ring (bicyclic) bond motifs is 1. The number of para-hydroxylation sites is 4. The molecule has 3 aromatic rings. The second-order valence-electron chi connectivity index (χ2n) is 6.93. The normalized spacial score (nSPS) is 11.8. The zero-order valence-corrected chi connectivity index (χ0v) is 17.4. The first kappa shape index (κ1) is 22.6. The molecule has 0 radical (unpaired) electrons. The molecule has 1 N–H and O–H groups in total. The summed E-state index contributed by atoms with van der Waals surface area (Å²) in [6.07, 6.45) is -4.68. The maximum absolute atomic E-state index is 13.5. The standard InChI is InChI=1S/C22H25F3N4O2/c1-3-28(4-2)13-14-31-19-12-8-6-10-17(19)26-20(30)15-29-18-11-7-5-9-16(18)27-21(29)22(23,24)25/h5-12H,3-4,13-15H2,1-2H3,(H,26,30). The van der Waals surface area contributed by atoms with E-state index < -0.39 is 24.5 Å². The molecule has 3 rings (SSSR count). The van der Waals surface area contributed by atoms with Crippen molar-refractivity contribution in [1.29, 1.82) is 0 Å². The second kappa shape index (κ2) is 9.82. The van der Waals surface area contributed by atoms with Crippen molar-refractivity contribution < 1.29 is 22.7 Å². The number of hydrogen-bond donors (Lipinski definition) is 1. The van der Waals surface area contributed by atoms with Gasteiger partial charge in [-0.15, -0.1) is 0 Å². The molecule has 0 bridgehead atoms. The molecular formula is C22H25F3N4O2. The van der Waals surface area contributed by atoms with E-state index in [2.05, 4.69) is 29.0 Å². The second-order valence-corrected chi connectivity index (χ2v) is 6.93. The molecule has 31 heavy (non-hydrogen) atoms. The number of benzene rings is 2. The van der Waals surface area contributed by atoms with Crippen LogP contribution in [0.4, 0.5) is 18.9 Å². The van der Waals surface area contributed by atoms with Gasteiger partial charge in [-0.05, 0) is 37.4 Å². The van der Waals surface area contributed by atoms with E-state index >= 15 is 0 Å². The van der Waals surface area contributed by atoms with Crippen molar-refractivity contribution in [3.63, 3.8) is 0 Å². The molecule has 2 aromatic carbocycles. The van der Waals surface area contributed by atoms with E-state index in [4.69, 9.17) is 4.74 Å². The van der Waals surface area contributed by atoms with E-state index in [1.165, 1.54) is 12.1 Å². The lowest BCUT2D eigenvalue weighted by Crippen LogP contribution is -2.28.